The van der Waals surface area contributed by atoms with Crippen LogP contribution in [-0.4, -0.2) is 47.8 Å². The number of nitrogens with zero attached hydrogens (tertiary/aromatic N) is 3. The van der Waals surface area contributed by atoms with Crippen LogP contribution in [0.25, 0.3) is 11.4 Å². The van der Waals surface area contributed by atoms with Crippen molar-refractivity contribution in [2.24, 2.45) is 0 Å². The van der Waals surface area contributed by atoms with Crippen molar-refractivity contribution in [2.45, 2.75) is 24.7 Å². The molecule has 2 aromatic heterocycles. The fourth-order valence-corrected chi connectivity index (χ4v) is 4.15. The number of sulfonamides is 1. The van der Waals surface area contributed by atoms with Gasteiger partial charge >= 0.3 is 19.2 Å². The van der Waals surface area contributed by atoms with Gasteiger partial charge in [-0.1, -0.05) is 11.2 Å². The molecule has 0 bridgehead atoms. The van der Waals surface area contributed by atoms with E-state index in [1.54, 1.807) is 11.4 Å². The Balaban J connectivity index is 1.72. The van der Waals surface area contributed by atoms with Crippen LogP contribution in [0.1, 0.15) is 11.5 Å². The molecule has 3 aromatic rings. The molecule has 0 radical (unpaired) electrons. The molecular weight excluding hydrogens is 470 g/mol. The Morgan fingerprint density at radius 2 is 2.00 bits per heavy atom. The summed E-state index contributed by atoms with van der Waals surface area (Å²) in [5, 5.41) is 14.4. The summed E-state index contributed by atoms with van der Waals surface area (Å²) in [7, 11) is -5.64. The molecule has 0 atom stereocenters. The maximum atomic E-state index is 13.1. The molecule has 172 valence electrons. The molecule has 0 aliphatic carbocycles. The van der Waals surface area contributed by atoms with E-state index in [-0.39, 0.29) is 29.6 Å². The number of alkyl halides is 3. The third kappa shape index (κ3) is 4.67. The first-order valence-electron chi connectivity index (χ1n) is 9.08. The molecule has 0 unspecified atom stereocenters. The molecule has 1 aliphatic rings. The fourth-order valence-electron chi connectivity index (χ4n) is 2.99. The Hall–Kier alpha value is -3.50. The summed E-state index contributed by atoms with van der Waals surface area (Å²) >= 11 is 0. The number of hydrogen-bond donors (Lipinski definition) is 3. The second-order valence-corrected chi connectivity index (χ2v) is 8.45. The van der Waals surface area contributed by atoms with Crippen molar-refractivity contribution in [3.8, 4) is 11.4 Å². The Morgan fingerprint density at radius 3 is 2.67 bits per heavy atom. The van der Waals surface area contributed by atoms with Crippen molar-refractivity contribution in [1.82, 2.24) is 15.1 Å². The van der Waals surface area contributed by atoms with E-state index in [1.165, 1.54) is 19.1 Å². The first-order valence-corrected chi connectivity index (χ1v) is 10.6. The van der Waals surface area contributed by atoms with E-state index < -0.39 is 39.9 Å². The lowest BCUT2D eigenvalue weighted by molar-refractivity contribution is -0.167. The minimum absolute atomic E-state index is 0.0543. The standard InChI is InChI=1S/C17H13BF3N5O6S/c1-8-23-14(25-32-8)12-4-11(24-16(27)17(19,20)21)6-22-15(12)33(29,30)26-10-3-2-9-7-31-18(28)13(9)5-10/h2-6,26,28H,7H2,1H3,(H,24,27). The second-order valence-electron chi connectivity index (χ2n) is 6.85. The molecule has 11 nitrogen and oxygen atoms in total. The molecule has 1 amide bonds. The van der Waals surface area contributed by atoms with Gasteiger partial charge in [0.15, 0.2) is 5.03 Å². The second kappa shape index (κ2) is 8.13. The zero-order valence-corrected chi connectivity index (χ0v) is 17.4. The van der Waals surface area contributed by atoms with Gasteiger partial charge in [0, 0.05) is 12.6 Å². The van der Waals surface area contributed by atoms with Crippen LogP contribution in [0, 0.1) is 6.92 Å². The summed E-state index contributed by atoms with van der Waals surface area (Å²) in [6, 6.07) is 5.31. The average molecular weight is 483 g/mol. The van der Waals surface area contributed by atoms with Gasteiger partial charge in [0.05, 0.1) is 24.1 Å². The lowest BCUT2D eigenvalue weighted by atomic mass is 9.79. The van der Waals surface area contributed by atoms with Crippen LogP contribution in [0.2, 0.25) is 0 Å². The highest BCUT2D eigenvalue weighted by molar-refractivity contribution is 7.92. The third-order valence-corrected chi connectivity index (χ3v) is 5.79. The lowest BCUT2D eigenvalue weighted by Gasteiger charge is -2.13. The van der Waals surface area contributed by atoms with E-state index in [9.17, 15) is 31.4 Å². The molecule has 0 saturated carbocycles. The van der Waals surface area contributed by atoms with Gasteiger partial charge < -0.3 is 19.5 Å². The van der Waals surface area contributed by atoms with E-state index in [1.807, 2.05) is 0 Å². The number of hydrogen-bond acceptors (Lipinski definition) is 9. The van der Waals surface area contributed by atoms with Crippen molar-refractivity contribution >= 4 is 39.9 Å². The predicted molar refractivity (Wildman–Crippen MR) is 107 cm³/mol. The molecule has 16 heteroatoms. The minimum Gasteiger partial charge on any atom is -0.423 e. The van der Waals surface area contributed by atoms with E-state index >= 15 is 0 Å². The number of pyridine rings is 1. The van der Waals surface area contributed by atoms with Crippen LogP contribution in [-0.2, 0) is 26.1 Å². The highest BCUT2D eigenvalue weighted by Gasteiger charge is 2.39. The first kappa shape index (κ1) is 22.7. The van der Waals surface area contributed by atoms with Crippen LogP contribution in [0.3, 0.4) is 0 Å². The first-order chi connectivity index (χ1) is 15.4. The number of aryl methyl sites for hydroxylation is 1. The summed E-state index contributed by atoms with van der Waals surface area (Å²) in [5.74, 6) is -2.49. The maximum Gasteiger partial charge on any atom is 0.491 e. The van der Waals surface area contributed by atoms with Gasteiger partial charge in [0.2, 0.25) is 11.7 Å². The lowest BCUT2D eigenvalue weighted by Crippen LogP contribution is -2.30. The van der Waals surface area contributed by atoms with Gasteiger partial charge in [-0.3, -0.25) is 9.52 Å². The fraction of sp³-hybridized carbons (Fsp3) is 0.176. The Kier molecular flexibility index (Phi) is 5.59. The summed E-state index contributed by atoms with van der Waals surface area (Å²) < 4.78 is 76.1. The zero-order valence-electron chi connectivity index (χ0n) is 16.5. The van der Waals surface area contributed by atoms with E-state index in [0.717, 1.165) is 12.3 Å². The number of anilines is 2. The number of halogens is 3. The van der Waals surface area contributed by atoms with Crippen molar-refractivity contribution in [3.05, 3.63) is 41.9 Å². The Bertz CT molecular complexity index is 1350. The molecule has 1 aromatic carbocycles. The number of carbonyl (C=O) groups excluding carboxylic acids is 1. The van der Waals surface area contributed by atoms with E-state index in [2.05, 4.69) is 19.8 Å². The van der Waals surface area contributed by atoms with Crippen molar-refractivity contribution < 1.29 is 40.6 Å². The molecule has 1 aliphatic heterocycles. The smallest absolute Gasteiger partial charge is 0.423 e. The molecule has 3 heterocycles. The quantitative estimate of drug-likeness (QED) is 0.450. The number of carbonyl (C=O) groups is 1. The van der Waals surface area contributed by atoms with Crippen LogP contribution in [0.4, 0.5) is 24.5 Å². The predicted octanol–water partition coefficient (Wildman–Crippen LogP) is 0.959. The van der Waals surface area contributed by atoms with Gasteiger partial charge in [0.1, 0.15) is 0 Å². The van der Waals surface area contributed by atoms with Gasteiger partial charge in [-0.2, -0.15) is 26.6 Å². The molecular formula is C17H13BF3N5O6S. The largest absolute Gasteiger partial charge is 0.491 e. The number of amides is 1. The van der Waals surface area contributed by atoms with Crippen molar-refractivity contribution in [2.75, 3.05) is 10.0 Å². The van der Waals surface area contributed by atoms with Crippen LogP contribution < -0.4 is 15.5 Å². The number of benzene rings is 1. The average Bonchev–Trinajstić information content (AvgIpc) is 3.32. The van der Waals surface area contributed by atoms with E-state index in [0.29, 0.717) is 11.0 Å². The summed E-state index contributed by atoms with van der Waals surface area (Å²) in [6.07, 6.45) is -4.42. The number of aromatic nitrogens is 3. The van der Waals surface area contributed by atoms with Crippen molar-refractivity contribution in [1.29, 1.82) is 0 Å². The summed E-state index contributed by atoms with van der Waals surface area (Å²) in [5.41, 5.74) is 0.374. The molecule has 0 saturated heterocycles. The maximum absolute atomic E-state index is 13.1. The Morgan fingerprint density at radius 1 is 1.24 bits per heavy atom. The molecule has 0 fully saturated rings. The molecule has 3 N–H and O–H groups in total. The molecule has 0 spiro atoms. The molecule has 33 heavy (non-hydrogen) atoms. The van der Waals surface area contributed by atoms with Gasteiger partial charge in [-0.25, -0.2) is 4.98 Å². The van der Waals surface area contributed by atoms with Gasteiger partial charge in [-0.05, 0) is 29.2 Å². The highest BCUT2D eigenvalue weighted by atomic mass is 32.2. The SMILES string of the molecule is Cc1nc(-c2cc(NC(=O)C(F)(F)F)cnc2S(=O)(=O)Nc2ccc3c(c2)B(O)OC3)no1. The number of nitrogens with one attached hydrogen (secondary N) is 2. The van der Waals surface area contributed by atoms with E-state index in [4.69, 9.17) is 9.18 Å². The van der Waals surface area contributed by atoms with Crippen LogP contribution in [0.5, 0.6) is 0 Å². The summed E-state index contributed by atoms with van der Waals surface area (Å²) in [4.78, 5) is 18.9. The topological polar surface area (TPSA) is 157 Å². The normalized spacial score (nSPS) is 13.7. The number of fused-ring (bicyclic) bond motifs is 1. The zero-order chi connectivity index (χ0) is 24.0. The molecule has 4 rings (SSSR count). The van der Waals surface area contributed by atoms with Gasteiger partial charge in [-0.15, -0.1) is 0 Å². The van der Waals surface area contributed by atoms with Gasteiger partial charge in [0.25, 0.3) is 10.0 Å². The summed E-state index contributed by atoms with van der Waals surface area (Å²) in [6.45, 7) is 1.58. The van der Waals surface area contributed by atoms with Crippen molar-refractivity contribution in [3.63, 3.8) is 0 Å². The monoisotopic (exact) mass is 483 g/mol. The van der Waals surface area contributed by atoms with Crippen LogP contribution >= 0.6 is 0 Å². The number of rotatable bonds is 5. The Labute approximate surface area is 184 Å². The third-order valence-electron chi connectivity index (χ3n) is 4.45. The minimum atomic E-state index is -5.17. The van der Waals surface area contributed by atoms with Crippen LogP contribution in [0.15, 0.2) is 40.0 Å². The highest BCUT2D eigenvalue weighted by Crippen LogP contribution is 2.29.